The Hall–Kier alpha value is -1.09. The zero-order valence-corrected chi connectivity index (χ0v) is 10.8. The van der Waals surface area contributed by atoms with Crippen molar-refractivity contribution in [3.63, 3.8) is 0 Å². The zero-order chi connectivity index (χ0) is 12.3. The quantitative estimate of drug-likeness (QED) is 0.775. The Morgan fingerprint density at radius 1 is 1.53 bits per heavy atom. The molecule has 0 N–H and O–H groups in total. The molecule has 1 saturated carbocycles. The van der Waals surface area contributed by atoms with E-state index in [1.165, 1.54) is 25.7 Å². The minimum absolute atomic E-state index is 0.0289. The summed E-state index contributed by atoms with van der Waals surface area (Å²) >= 11 is 5.78. The van der Waals surface area contributed by atoms with Crippen molar-refractivity contribution in [2.24, 2.45) is 5.92 Å². The van der Waals surface area contributed by atoms with E-state index in [9.17, 15) is 4.79 Å². The lowest BCUT2D eigenvalue weighted by Gasteiger charge is -2.21. The number of rotatable bonds is 3. The van der Waals surface area contributed by atoms with E-state index in [2.05, 4.69) is 4.98 Å². The van der Waals surface area contributed by atoms with Gasteiger partial charge >= 0.3 is 0 Å². The van der Waals surface area contributed by atoms with Crippen molar-refractivity contribution >= 4 is 17.5 Å². The second kappa shape index (κ2) is 5.50. The van der Waals surface area contributed by atoms with Gasteiger partial charge in [0.2, 0.25) is 0 Å². The predicted octanol–water partition coefficient (Wildman–Crippen LogP) is 3.00. The van der Waals surface area contributed by atoms with Crippen molar-refractivity contribution in [2.45, 2.75) is 25.7 Å². The molecule has 1 fully saturated rings. The van der Waals surface area contributed by atoms with Crippen LogP contribution in [-0.2, 0) is 0 Å². The van der Waals surface area contributed by atoms with Gasteiger partial charge in [-0.15, -0.1) is 0 Å². The molecule has 0 atom stereocenters. The molecule has 0 bridgehead atoms. The predicted molar refractivity (Wildman–Crippen MR) is 68.2 cm³/mol. The smallest absolute Gasteiger partial charge is 0.253 e. The Bertz CT molecular complexity index is 402. The molecule has 0 radical (unpaired) electrons. The van der Waals surface area contributed by atoms with Gasteiger partial charge in [0.1, 0.15) is 5.15 Å². The summed E-state index contributed by atoms with van der Waals surface area (Å²) in [6.07, 6.45) is 6.66. The SMILES string of the molecule is CN(CC1CCCC1)C(=O)c1ccnc(Cl)c1. The van der Waals surface area contributed by atoms with Crippen LogP contribution in [0, 0.1) is 5.92 Å². The fourth-order valence-corrected chi connectivity index (χ4v) is 2.59. The van der Waals surface area contributed by atoms with Crippen LogP contribution in [0.15, 0.2) is 18.3 Å². The Kier molecular flexibility index (Phi) is 4.00. The molecule has 1 aromatic heterocycles. The number of aromatic nitrogens is 1. The molecule has 0 unspecified atom stereocenters. The van der Waals surface area contributed by atoms with Crippen LogP contribution >= 0.6 is 11.6 Å². The third-order valence-electron chi connectivity index (χ3n) is 3.33. The molecule has 1 amide bonds. The summed E-state index contributed by atoms with van der Waals surface area (Å²) in [6.45, 7) is 0.846. The second-order valence-electron chi connectivity index (χ2n) is 4.70. The summed E-state index contributed by atoms with van der Waals surface area (Å²) in [5.74, 6) is 0.697. The monoisotopic (exact) mass is 252 g/mol. The van der Waals surface area contributed by atoms with Gasteiger partial charge < -0.3 is 4.90 Å². The van der Waals surface area contributed by atoms with Gasteiger partial charge in [-0.25, -0.2) is 4.98 Å². The summed E-state index contributed by atoms with van der Waals surface area (Å²) in [5, 5.41) is 0.366. The van der Waals surface area contributed by atoms with Gasteiger partial charge in [-0.1, -0.05) is 24.4 Å². The van der Waals surface area contributed by atoms with Gasteiger partial charge in [-0.05, 0) is 30.9 Å². The number of pyridine rings is 1. The van der Waals surface area contributed by atoms with Gasteiger partial charge in [0.25, 0.3) is 5.91 Å². The van der Waals surface area contributed by atoms with Crippen LogP contribution in [0.4, 0.5) is 0 Å². The van der Waals surface area contributed by atoms with Crippen LogP contribution in [0.1, 0.15) is 36.0 Å². The first kappa shape index (κ1) is 12.4. The van der Waals surface area contributed by atoms with E-state index in [0.717, 1.165) is 6.54 Å². The zero-order valence-electron chi connectivity index (χ0n) is 10.0. The Labute approximate surface area is 107 Å². The highest BCUT2D eigenvalue weighted by Gasteiger charge is 2.20. The van der Waals surface area contributed by atoms with E-state index in [0.29, 0.717) is 16.6 Å². The summed E-state index contributed by atoms with van der Waals surface area (Å²) < 4.78 is 0. The molecule has 1 heterocycles. The highest BCUT2D eigenvalue weighted by Crippen LogP contribution is 2.25. The Balaban J connectivity index is 1.98. The highest BCUT2D eigenvalue weighted by atomic mass is 35.5. The minimum atomic E-state index is 0.0289. The van der Waals surface area contributed by atoms with Gasteiger partial charge in [0, 0.05) is 25.4 Å². The van der Waals surface area contributed by atoms with Gasteiger partial charge in [0.05, 0.1) is 0 Å². The van der Waals surface area contributed by atoms with Crippen LogP contribution in [0.2, 0.25) is 5.15 Å². The number of hydrogen-bond donors (Lipinski definition) is 0. The fourth-order valence-electron chi connectivity index (χ4n) is 2.42. The van der Waals surface area contributed by atoms with E-state index >= 15 is 0 Å². The maximum atomic E-state index is 12.1. The lowest BCUT2D eigenvalue weighted by atomic mass is 10.1. The average Bonchev–Trinajstić information content (AvgIpc) is 2.80. The maximum absolute atomic E-state index is 12.1. The third kappa shape index (κ3) is 3.19. The van der Waals surface area contributed by atoms with E-state index in [1.807, 2.05) is 7.05 Å². The average molecular weight is 253 g/mol. The molecule has 0 saturated heterocycles. The van der Waals surface area contributed by atoms with Crippen LogP contribution in [-0.4, -0.2) is 29.4 Å². The molecule has 17 heavy (non-hydrogen) atoms. The molecule has 1 aliphatic rings. The van der Waals surface area contributed by atoms with Gasteiger partial charge in [-0.2, -0.15) is 0 Å². The van der Waals surface area contributed by atoms with Gasteiger partial charge in [-0.3, -0.25) is 4.79 Å². The topological polar surface area (TPSA) is 33.2 Å². The Morgan fingerprint density at radius 3 is 2.88 bits per heavy atom. The number of nitrogens with zero attached hydrogens (tertiary/aromatic N) is 2. The molecule has 0 aromatic carbocycles. The molecule has 3 nitrogen and oxygen atoms in total. The molecule has 2 rings (SSSR count). The number of carbonyl (C=O) groups excluding carboxylic acids is 1. The largest absolute Gasteiger partial charge is 0.341 e. The molecule has 1 aliphatic carbocycles. The number of halogens is 1. The second-order valence-corrected chi connectivity index (χ2v) is 5.09. The lowest BCUT2D eigenvalue weighted by Crippen LogP contribution is -2.31. The maximum Gasteiger partial charge on any atom is 0.253 e. The van der Waals surface area contributed by atoms with E-state index in [4.69, 9.17) is 11.6 Å². The van der Waals surface area contributed by atoms with E-state index in [-0.39, 0.29) is 5.91 Å². The number of hydrogen-bond acceptors (Lipinski definition) is 2. The summed E-state index contributed by atoms with van der Waals surface area (Å²) in [4.78, 5) is 17.8. The van der Waals surface area contributed by atoms with Crippen LogP contribution in [0.5, 0.6) is 0 Å². The van der Waals surface area contributed by atoms with Crippen LogP contribution in [0.3, 0.4) is 0 Å². The van der Waals surface area contributed by atoms with Crippen LogP contribution < -0.4 is 0 Å². The fraction of sp³-hybridized carbons (Fsp3) is 0.538. The molecular formula is C13H17ClN2O. The van der Waals surface area contributed by atoms with Crippen molar-refractivity contribution < 1.29 is 4.79 Å². The minimum Gasteiger partial charge on any atom is -0.341 e. The van der Waals surface area contributed by atoms with E-state index in [1.54, 1.807) is 23.2 Å². The first-order valence-corrected chi connectivity index (χ1v) is 6.41. The van der Waals surface area contributed by atoms with Crippen LogP contribution in [0.25, 0.3) is 0 Å². The summed E-state index contributed by atoms with van der Waals surface area (Å²) in [7, 11) is 1.86. The highest BCUT2D eigenvalue weighted by molar-refractivity contribution is 6.29. The normalized spacial score (nSPS) is 16.1. The van der Waals surface area contributed by atoms with Crippen molar-refractivity contribution in [1.29, 1.82) is 0 Å². The van der Waals surface area contributed by atoms with Crippen molar-refractivity contribution in [3.8, 4) is 0 Å². The van der Waals surface area contributed by atoms with E-state index < -0.39 is 0 Å². The first-order chi connectivity index (χ1) is 8.16. The molecule has 0 aliphatic heterocycles. The molecule has 0 spiro atoms. The summed E-state index contributed by atoms with van der Waals surface area (Å²) in [5.41, 5.74) is 0.616. The van der Waals surface area contributed by atoms with Crippen molar-refractivity contribution in [3.05, 3.63) is 29.0 Å². The first-order valence-electron chi connectivity index (χ1n) is 6.04. The molecular weight excluding hydrogens is 236 g/mol. The number of carbonyl (C=O) groups is 1. The molecule has 1 aromatic rings. The third-order valence-corrected chi connectivity index (χ3v) is 3.53. The molecule has 92 valence electrons. The van der Waals surface area contributed by atoms with Crippen molar-refractivity contribution in [1.82, 2.24) is 9.88 Å². The van der Waals surface area contributed by atoms with Gasteiger partial charge in [0.15, 0.2) is 0 Å². The lowest BCUT2D eigenvalue weighted by molar-refractivity contribution is 0.0773. The summed E-state index contributed by atoms with van der Waals surface area (Å²) in [6, 6.07) is 3.33. The Morgan fingerprint density at radius 2 is 2.24 bits per heavy atom. The number of amides is 1. The van der Waals surface area contributed by atoms with Crippen molar-refractivity contribution in [2.75, 3.05) is 13.6 Å². The standard InChI is InChI=1S/C13H17ClN2O/c1-16(9-10-4-2-3-5-10)13(17)11-6-7-15-12(14)8-11/h6-8,10H,2-5,9H2,1H3. The molecule has 4 heteroatoms.